The van der Waals surface area contributed by atoms with E-state index in [1.807, 2.05) is 0 Å². The van der Waals surface area contributed by atoms with Crippen LogP contribution in [-0.2, 0) is 5.41 Å². The second-order valence-electron chi connectivity index (χ2n) is 17.7. The normalized spacial score (nSPS) is 12.6. The zero-order valence-corrected chi connectivity index (χ0v) is 36.5. The predicted octanol–water partition coefficient (Wildman–Crippen LogP) is 17.2. The molecular formula is C63H46N2. The second-order valence-corrected chi connectivity index (χ2v) is 17.7. The van der Waals surface area contributed by atoms with Gasteiger partial charge in [0, 0.05) is 44.5 Å². The number of nitrogens with zero attached hydrogens (tertiary/aromatic N) is 2. The van der Waals surface area contributed by atoms with Gasteiger partial charge in [-0.3, -0.25) is 0 Å². The zero-order chi connectivity index (χ0) is 43.5. The van der Waals surface area contributed by atoms with Crippen molar-refractivity contribution in [2.24, 2.45) is 0 Å². The quantitative estimate of drug-likeness (QED) is 0.148. The van der Waals surface area contributed by atoms with Crippen LogP contribution < -0.4 is 4.90 Å². The van der Waals surface area contributed by atoms with Crippen LogP contribution in [0.25, 0.3) is 83.1 Å². The van der Waals surface area contributed by atoms with Crippen LogP contribution in [0.4, 0.5) is 17.1 Å². The van der Waals surface area contributed by atoms with Crippen LogP contribution >= 0.6 is 0 Å². The molecule has 0 atom stereocenters. The standard InChI is InChI=1S/C63H46N2/c1-63(2)58-30-18-17-28-53(58)54-40-39-51(41-59(54)63)64(48-25-13-6-14-26-48)49-37-33-45(34-38-49)56-42-57-60(46-21-9-4-10-22-46)61(47-23-11-5-12-24-47)65(62(57)55-29-16-15-27-52(55)56)50-35-31-44(32-36-50)43-19-7-3-8-20-43/h3-42H,1-2H3. The van der Waals surface area contributed by atoms with Crippen molar-refractivity contribution in [2.75, 3.05) is 4.90 Å². The van der Waals surface area contributed by atoms with Crippen LogP contribution in [0.3, 0.4) is 0 Å². The van der Waals surface area contributed by atoms with Crippen molar-refractivity contribution in [3.63, 3.8) is 0 Å². The number of aromatic nitrogens is 1. The Balaban J connectivity index is 1.05. The molecule has 65 heavy (non-hydrogen) atoms. The Hall–Kier alpha value is -8.20. The fourth-order valence-electron chi connectivity index (χ4n) is 10.5. The molecule has 0 saturated carbocycles. The lowest BCUT2D eigenvalue weighted by Gasteiger charge is -2.28. The van der Waals surface area contributed by atoms with E-state index < -0.39 is 0 Å². The van der Waals surface area contributed by atoms with Gasteiger partial charge in [-0.2, -0.15) is 0 Å². The third-order valence-corrected chi connectivity index (χ3v) is 13.6. The van der Waals surface area contributed by atoms with Crippen LogP contribution in [0.5, 0.6) is 0 Å². The summed E-state index contributed by atoms with van der Waals surface area (Å²) >= 11 is 0. The Labute approximate surface area is 381 Å². The highest BCUT2D eigenvalue weighted by molar-refractivity contribution is 6.20. The topological polar surface area (TPSA) is 8.17 Å². The van der Waals surface area contributed by atoms with Crippen LogP contribution in [0.2, 0.25) is 0 Å². The molecule has 1 heterocycles. The number of anilines is 3. The van der Waals surface area contributed by atoms with Gasteiger partial charge in [-0.05, 0) is 116 Å². The number of benzene rings is 10. The molecule has 2 nitrogen and oxygen atoms in total. The summed E-state index contributed by atoms with van der Waals surface area (Å²) in [6.45, 7) is 4.71. The highest BCUT2D eigenvalue weighted by Gasteiger charge is 2.36. The monoisotopic (exact) mass is 830 g/mol. The van der Waals surface area contributed by atoms with Gasteiger partial charge >= 0.3 is 0 Å². The summed E-state index contributed by atoms with van der Waals surface area (Å²) < 4.78 is 2.51. The molecule has 0 aliphatic heterocycles. The number of para-hydroxylation sites is 1. The maximum atomic E-state index is 2.51. The molecule has 0 N–H and O–H groups in total. The number of rotatable bonds is 8. The number of hydrogen-bond donors (Lipinski definition) is 0. The molecule has 12 rings (SSSR count). The lowest BCUT2D eigenvalue weighted by atomic mass is 9.82. The third kappa shape index (κ3) is 6.40. The average molecular weight is 831 g/mol. The summed E-state index contributed by atoms with van der Waals surface area (Å²) in [5.74, 6) is 0. The molecule has 0 spiro atoms. The van der Waals surface area contributed by atoms with Gasteiger partial charge in [0.25, 0.3) is 0 Å². The lowest BCUT2D eigenvalue weighted by Crippen LogP contribution is -2.16. The Morgan fingerprint density at radius 1 is 0.338 bits per heavy atom. The molecule has 1 aromatic heterocycles. The van der Waals surface area contributed by atoms with Gasteiger partial charge in [-0.25, -0.2) is 0 Å². The van der Waals surface area contributed by atoms with Gasteiger partial charge < -0.3 is 9.47 Å². The number of fused-ring (bicyclic) bond motifs is 6. The maximum Gasteiger partial charge on any atom is 0.0620 e. The molecule has 0 amide bonds. The van der Waals surface area contributed by atoms with Crippen molar-refractivity contribution >= 4 is 38.7 Å². The lowest BCUT2D eigenvalue weighted by molar-refractivity contribution is 0.660. The first-order valence-corrected chi connectivity index (χ1v) is 22.6. The van der Waals surface area contributed by atoms with Gasteiger partial charge in [0.2, 0.25) is 0 Å². The van der Waals surface area contributed by atoms with Gasteiger partial charge in [0.15, 0.2) is 0 Å². The zero-order valence-electron chi connectivity index (χ0n) is 36.5. The van der Waals surface area contributed by atoms with Gasteiger partial charge in [-0.15, -0.1) is 0 Å². The summed E-state index contributed by atoms with van der Waals surface area (Å²) in [6.07, 6.45) is 0. The molecule has 10 aromatic carbocycles. The maximum absolute atomic E-state index is 2.51. The second kappa shape index (κ2) is 15.6. The molecule has 0 bridgehead atoms. The minimum absolute atomic E-state index is 0.0998. The third-order valence-electron chi connectivity index (χ3n) is 13.6. The van der Waals surface area contributed by atoms with E-state index in [1.165, 1.54) is 88.6 Å². The van der Waals surface area contributed by atoms with Crippen LogP contribution in [0.1, 0.15) is 25.0 Å². The minimum Gasteiger partial charge on any atom is -0.310 e. The molecular weight excluding hydrogens is 785 g/mol. The van der Waals surface area contributed by atoms with E-state index >= 15 is 0 Å². The fraction of sp³-hybridized carbons (Fsp3) is 0.0476. The average Bonchev–Trinajstić information content (AvgIpc) is 3.84. The van der Waals surface area contributed by atoms with Crippen molar-refractivity contribution in [1.82, 2.24) is 4.57 Å². The van der Waals surface area contributed by atoms with Crippen LogP contribution in [0.15, 0.2) is 243 Å². The van der Waals surface area contributed by atoms with E-state index in [0.29, 0.717) is 0 Å². The highest BCUT2D eigenvalue weighted by atomic mass is 15.1. The van der Waals surface area contributed by atoms with Crippen LogP contribution in [-0.4, -0.2) is 4.57 Å². The summed E-state index contributed by atoms with van der Waals surface area (Å²) in [4.78, 5) is 2.40. The molecule has 308 valence electrons. The molecule has 0 unspecified atom stereocenters. The summed E-state index contributed by atoms with van der Waals surface area (Å²) in [5.41, 5.74) is 20.5. The molecule has 1 aliphatic carbocycles. The van der Waals surface area contributed by atoms with E-state index in [9.17, 15) is 0 Å². The first-order valence-electron chi connectivity index (χ1n) is 22.6. The largest absolute Gasteiger partial charge is 0.310 e. The van der Waals surface area contributed by atoms with Crippen molar-refractivity contribution in [1.29, 1.82) is 0 Å². The Kier molecular flexibility index (Phi) is 9.21. The smallest absolute Gasteiger partial charge is 0.0620 e. The van der Waals surface area contributed by atoms with E-state index in [4.69, 9.17) is 0 Å². The van der Waals surface area contributed by atoms with E-state index in [2.05, 4.69) is 266 Å². The van der Waals surface area contributed by atoms with E-state index in [0.717, 1.165) is 22.7 Å². The number of hydrogen-bond acceptors (Lipinski definition) is 1. The van der Waals surface area contributed by atoms with Gasteiger partial charge in [0.05, 0.1) is 11.2 Å². The molecule has 1 aliphatic rings. The first kappa shape index (κ1) is 38.5. The van der Waals surface area contributed by atoms with Crippen molar-refractivity contribution in [3.8, 4) is 61.5 Å². The summed E-state index contributed by atoms with van der Waals surface area (Å²) in [7, 11) is 0. The van der Waals surface area contributed by atoms with Gasteiger partial charge in [0.1, 0.15) is 0 Å². The Morgan fingerprint density at radius 2 is 0.846 bits per heavy atom. The van der Waals surface area contributed by atoms with Gasteiger partial charge in [-0.1, -0.05) is 202 Å². The molecule has 0 radical (unpaired) electrons. The van der Waals surface area contributed by atoms with Crippen molar-refractivity contribution in [3.05, 3.63) is 254 Å². The Bertz CT molecular complexity index is 3510. The molecule has 11 aromatic rings. The highest BCUT2D eigenvalue weighted by Crippen LogP contribution is 2.51. The SMILES string of the molecule is CC1(C)c2ccccc2-c2ccc(N(c3ccccc3)c3ccc(-c4cc5c(-c6ccccc6)c(-c6ccccc6)n(-c6ccc(-c7ccccc7)cc6)c5c5ccccc45)cc3)cc21. The van der Waals surface area contributed by atoms with Crippen molar-refractivity contribution in [2.45, 2.75) is 19.3 Å². The van der Waals surface area contributed by atoms with E-state index in [-0.39, 0.29) is 5.41 Å². The molecule has 0 fully saturated rings. The fourth-order valence-corrected chi connectivity index (χ4v) is 10.5. The predicted molar refractivity (Wildman–Crippen MR) is 275 cm³/mol. The molecule has 0 saturated heterocycles. The van der Waals surface area contributed by atoms with E-state index in [1.54, 1.807) is 0 Å². The summed E-state index contributed by atoms with van der Waals surface area (Å²) in [6, 6.07) is 88.8. The molecule has 2 heteroatoms. The minimum atomic E-state index is -0.0998. The van der Waals surface area contributed by atoms with Crippen LogP contribution in [0, 0.1) is 0 Å². The van der Waals surface area contributed by atoms with Crippen molar-refractivity contribution < 1.29 is 0 Å². The first-order chi connectivity index (χ1) is 32.0. The summed E-state index contributed by atoms with van der Waals surface area (Å²) in [5, 5.41) is 3.64. The Morgan fingerprint density at radius 3 is 1.54 bits per heavy atom.